The van der Waals surface area contributed by atoms with E-state index in [1.54, 1.807) is 18.6 Å². The van der Waals surface area contributed by atoms with E-state index in [-0.39, 0.29) is 5.91 Å². The van der Waals surface area contributed by atoms with Gasteiger partial charge in [-0.1, -0.05) is 18.2 Å². The van der Waals surface area contributed by atoms with Crippen LogP contribution in [0.5, 0.6) is 0 Å². The van der Waals surface area contributed by atoms with Gasteiger partial charge < -0.3 is 5.32 Å². The molecule has 1 amide bonds. The number of hydrogen-bond acceptors (Lipinski definition) is 4. The van der Waals surface area contributed by atoms with E-state index < -0.39 is 0 Å². The van der Waals surface area contributed by atoms with Crippen molar-refractivity contribution in [3.05, 3.63) is 66.2 Å². The molecule has 130 valence electrons. The summed E-state index contributed by atoms with van der Waals surface area (Å²) in [4.78, 5) is 20.9. The Hall–Kier alpha value is -3.28. The average Bonchev–Trinajstić information content (AvgIpc) is 3.00. The van der Waals surface area contributed by atoms with Gasteiger partial charge in [0.1, 0.15) is 0 Å². The van der Waals surface area contributed by atoms with E-state index in [1.807, 2.05) is 35.0 Å². The van der Waals surface area contributed by atoms with Gasteiger partial charge in [0, 0.05) is 48.1 Å². The second kappa shape index (κ2) is 6.92. The van der Waals surface area contributed by atoms with E-state index in [4.69, 9.17) is 0 Å². The van der Waals surface area contributed by atoms with Crippen LogP contribution < -0.4 is 5.32 Å². The summed E-state index contributed by atoms with van der Waals surface area (Å²) in [6, 6.07) is 11.8. The first-order valence-corrected chi connectivity index (χ1v) is 8.63. The smallest absolute Gasteiger partial charge is 0.255 e. The molecule has 1 aromatic carbocycles. The molecule has 6 nitrogen and oxygen atoms in total. The van der Waals surface area contributed by atoms with Crippen molar-refractivity contribution >= 4 is 27.7 Å². The van der Waals surface area contributed by atoms with E-state index in [0.29, 0.717) is 17.6 Å². The second-order valence-electron chi connectivity index (χ2n) is 6.20. The standard InChI is InChI=1S/C20H19N5O/c1-14-16-7-2-3-8-18(16)24-25(14)11-5-10-23-20(26)17-13-21-12-15-6-4-9-22-19(15)17/h2-4,6-9,12-13H,5,10-11H2,1H3,(H,23,26). The van der Waals surface area contributed by atoms with Crippen molar-refractivity contribution < 1.29 is 4.79 Å². The van der Waals surface area contributed by atoms with Crippen LogP contribution in [-0.4, -0.2) is 32.2 Å². The predicted molar refractivity (Wildman–Crippen MR) is 101 cm³/mol. The van der Waals surface area contributed by atoms with Crippen molar-refractivity contribution in [2.45, 2.75) is 19.9 Å². The number of carbonyl (C=O) groups excluding carboxylic acids is 1. The monoisotopic (exact) mass is 345 g/mol. The molecule has 0 bridgehead atoms. The first kappa shape index (κ1) is 16.2. The molecule has 4 aromatic rings. The maximum absolute atomic E-state index is 12.5. The summed E-state index contributed by atoms with van der Waals surface area (Å²) in [6.07, 6.45) is 5.76. The van der Waals surface area contributed by atoms with Crippen molar-refractivity contribution in [3.63, 3.8) is 0 Å². The van der Waals surface area contributed by atoms with Gasteiger partial charge in [-0.15, -0.1) is 0 Å². The van der Waals surface area contributed by atoms with Crippen molar-refractivity contribution in [1.29, 1.82) is 0 Å². The maximum atomic E-state index is 12.5. The molecule has 3 heterocycles. The second-order valence-corrected chi connectivity index (χ2v) is 6.20. The fraction of sp³-hybridized carbons (Fsp3) is 0.200. The summed E-state index contributed by atoms with van der Waals surface area (Å²) in [5.41, 5.74) is 3.33. The zero-order valence-electron chi connectivity index (χ0n) is 14.5. The van der Waals surface area contributed by atoms with Crippen molar-refractivity contribution in [1.82, 2.24) is 25.1 Å². The number of benzene rings is 1. The third kappa shape index (κ3) is 3.01. The lowest BCUT2D eigenvalue weighted by Gasteiger charge is -2.08. The summed E-state index contributed by atoms with van der Waals surface area (Å²) >= 11 is 0. The molecule has 0 aliphatic rings. The quantitative estimate of drug-likeness (QED) is 0.564. The van der Waals surface area contributed by atoms with E-state index in [1.165, 1.54) is 5.39 Å². The summed E-state index contributed by atoms with van der Waals surface area (Å²) in [6.45, 7) is 3.39. The van der Waals surface area contributed by atoms with Crippen LogP contribution in [0, 0.1) is 6.92 Å². The van der Waals surface area contributed by atoms with E-state index in [2.05, 4.69) is 33.4 Å². The van der Waals surface area contributed by atoms with Gasteiger partial charge in [-0.25, -0.2) is 0 Å². The molecular weight excluding hydrogens is 326 g/mol. The Morgan fingerprint density at radius 3 is 2.92 bits per heavy atom. The van der Waals surface area contributed by atoms with Gasteiger partial charge in [-0.05, 0) is 31.5 Å². The molecule has 0 aliphatic carbocycles. The molecular formula is C20H19N5O. The average molecular weight is 345 g/mol. The minimum absolute atomic E-state index is 0.149. The summed E-state index contributed by atoms with van der Waals surface area (Å²) in [5, 5.41) is 9.60. The number of carbonyl (C=O) groups is 1. The van der Waals surface area contributed by atoms with Gasteiger partial charge in [0.2, 0.25) is 0 Å². The van der Waals surface area contributed by atoms with Crippen molar-refractivity contribution in [2.24, 2.45) is 0 Å². The first-order chi connectivity index (χ1) is 12.7. The number of fused-ring (bicyclic) bond motifs is 2. The van der Waals surface area contributed by atoms with E-state index in [0.717, 1.165) is 29.6 Å². The number of aromatic nitrogens is 4. The maximum Gasteiger partial charge on any atom is 0.255 e. The van der Waals surface area contributed by atoms with Crippen LogP contribution in [0.25, 0.3) is 21.8 Å². The van der Waals surface area contributed by atoms with Gasteiger partial charge in [-0.2, -0.15) is 5.10 Å². The molecule has 3 aromatic heterocycles. The fourth-order valence-electron chi connectivity index (χ4n) is 3.12. The van der Waals surface area contributed by atoms with Crippen LogP contribution in [0.3, 0.4) is 0 Å². The third-order valence-corrected chi connectivity index (χ3v) is 4.50. The first-order valence-electron chi connectivity index (χ1n) is 8.63. The molecule has 6 heteroatoms. The number of nitrogens with zero attached hydrogens (tertiary/aromatic N) is 4. The van der Waals surface area contributed by atoms with Gasteiger partial charge in [-0.3, -0.25) is 19.4 Å². The Morgan fingerprint density at radius 1 is 1.15 bits per heavy atom. The third-order valence-electron chi connectivity index (χ3n) is 4.50. The topological polar surface area (TPSA) is 72.7 Å². The molecule has 0 saturated carbocycles. The largest absolute Gasteiger partial charge is 0.352 e. The number of nitrogens with one attached hydrogen (secondary N) is 1. The molecule has 26 heavy (non-hydrogen) atoms. The molecule has 0 saturated heterocycles. The molecule has 0 spiro atoms. The Balaban J connectivity index is 1.40. The zero-order valence-corrected chi connectivity index (χ0v) is 14.5. The number of hydrogen-bond donors (Lipinski definition) is 1. The highest BCUT2D eigenvalue weighted by Crippen LogP contribution is 2.17. The highest BCUT2D eigenvalue weighted by Gasteiger charge is 2.11. The fourth-order valence-corrected chi connectivity index (χ4v) is 3.12. The Bertz CT molecular complexity index is 1080. The van der Waals surface area contributed by atoms with Gasteiger partial charge in [0.25, 0.3) is 5.91 Å². The van der Waals surface area contributed by atoms with Crippen LogP contribution in [0.4, 0.5) is 0 Å². The predicted octanol–water partition coefficient (Wildman–Crippen LogP) is 3.11. The molecule has 0 aliphatic heterocycles. The van der Waals surface area contributed by atoms with Crippen LogP contribution in [0.15, 0.2) is 55.0 Å². The Morgan fingerprint density at radius 2 is 2.04 bits per heavy atom. The molecule has 0 unspecified atom stereocenters. The van der Waals surface area contributed by atoms with Crippen molar-refractivity contribution in [3.8, 4) is 0 Å². The van der Waals surface area contributed by atoms with Gasteiger partial charge in [0.15, 0.2) is 0 Å². The zero-order chi connectivity index (χ0) is 17.9. The number of amides is 1. The van der Waals surface area contributed by atoms with Crippen molar-refractivity contribution in [2.75, 3.05) is 6.54 Å². The SMILES string of the molecule is Cc1c2ccccc2nn1CCCNC(=O)c1cncc2cccnc12. The molecule has 0 atom stereocenters. The minimum atomic E-state index is -0.149. The molecule has 4 rings (SSSR count). The lowest BCUT2D eigenvalue weighted by atomic mass is 10.1. The molecule has 0 radical (unpaired) electrons. The van der Waals surface area contributed by atoms with Crippen LogP contribution >= 0.6 is 0 Å². The van der Waals surface area contributed by atoms with Gasteiger partial charge in [0.05, 0.1) is 16.6 Å². The normalized spacial score (nSPS) is 11.1. The summed E-state index contributed by atoms with van der Waals surface area (Å²) < 4.78 is 2.00. The molecule has 1 N–H and O–H groups in total. The number of aryl methyl sites for hydroxylation is 2. The minimum Gasteiger partial charge on any atom is -0.352 e. The lowest BCUT2D eigenvalue weighted by molar-refractivity contribution is 0.0953. The van der Waals surface area contributed by atoms with Crippen LogP contribution in [0.2, 0.25) is 0 Å². The highest BCUT2D eigenvalue weighted by atomic mass is 16.1. The van der Waals surface area contributed by atoms with E-state index >= 15 is 0 Å². The van der Waals surface area contributed by atoms with E-state index in [9.17, 15) is 4.79 Å². The highest BCUT2D eigenvalue weighted by molar-refractivity contribution is 6.04. The number of pyridine rings is 2. The summed E-state index contributed by atoms with van der Waals surface area (Å²) in [7, 11) is 0. The summed E-state index contributed by atoms with van der Waals surface area (Å²) in [5.74, 6) is -0.149. The Kier molecular flexibility index (Phi) is 4.31. The molecule has 0 fully saturated rings. The van der Waals surface area contributed by atoms with Crippen LogP contribution in [-0.2, 0) is 6.54 Å². The van der Waals surface area contributed by atoms with Crippen LogP contribution in [0.1, 0.15) is 22.5 Å². The number of rotatable bonds is 5. The van der Waals surface area contributed by atoms with Gasteiger partial charge >= 0.3 is 0 Å². The lowest BCUT2D eigenvalue weighted by Crippen LogP contribution is -2.26. The Labute approximate surface area is 150 Å².